The van der Waals surface area contributed by atoms with Crippen LogP contribution >= 0.6 is 22.9 Å². The van der Waals surface area contributed by atoms with E-state index in [1.54, 1.807) is 0 Å². The average molecular weight is 356 g/mol. The van der Waals surface area contributed by atoms with Crippen LogP contribution in [0.15, 0.2) is 30.3 Å². The highest BCUT2D eigenvalue weighted by molar-refractivity contribution is 7.21. The van der Waals surface area contributed by atoms with Gasteiger partial charge in [-0.25, -0.2) is 13.2 Å². The predicted octanol–water partition coefficient (Wildman–Crippen LogP) is 5.53. The van der Waals surface area contributed by atoms with Crippen molar-refractivity contribution >= 4 is 44.6 Å². The summed E-state index contributed by atoms with van der Waals surface area (Å²) in [5.74, 6) is -5.09. The van der Waals surface area contributed by atoms with Gasteiger partial charge < -0.3 is 5.32 Å². The van der Waals surface area contributed by atoms with Crippen LogP contribution in [-0.2, 0) is 0 Å². The molecule has 1 N–H and O–H groups in total. The zero-order valence-corrected chi connectivity index (χ0v) is 13.3. The summed E-state index contributed by atoms with van der Waals surface area (Å²) in [6.07, 6.45) is 0. The zero-order valence-electron chi connectivity index (χ0n) is 11.7. The standard InChI is InChI=1S/C16H9ClF3NOS/c1-7-3-2-4-10-11(7)12(17)15(23-10)16(22)21-9-6-5-8(18)13(19)14(9)20/h2-6H,1H3,(H,21,22). The Morgan fingerprint density at radius 2 is 1.87 bits per heavy atom. The van der Waals surface area contributed by atoms with Crippen LogP contribution in [0.3, 0.4) is 0 Å². The number of carbonyl (C=O) groups is 1. The lowest BCUT2D eigenvalue weighted by molar-refractivity contribution is 0.103. The number of carbonyl (C=O) groups excluding carboxylic acids is 1. The van der Waals surface area contributed by atoms with E-state index in [4.69, 9.17) is 11.6 Å². The number of benzene rings is 2. The molecule has 1 heterocycles. The highest BCUT2D eigenvalue weighted by atomic mass is 35.5. The molecule has 7 heteroatoms. The van der Waals surface area contributed by atoms with Crippen molar-refractivity contribution in [2.45, 2.75) is 6.92 Å². The highest BCUT2D eigenvalue weighted by Crippen LogP contribution is 2.37. The Balaban J connectivity index is 2.00. The van der Waals surface area contributed by atoms with E-state index in [2.05, 4.69) is 5.32 Å². The van der Waals surface area contributed by atoms with Gasteiger partial charge in [-0.3, -0.25) is 4.79 Å². The molecule has 0 aliphatic carbocycles. The van der Waals surface area contributed by atoms with E-state index >= 15 is 0 Å². The fourth-order valence-corrected chi connectivity index (χ4v) is 3.80. The van der Waals surface area contributed by atoms with Gasteiger partial charge in [-0.1, -0.05) is 23.7 Å². The summed E-state index contributed by atoms with van der Waals surface area (Å²) in [6.45, 7) is 1.86. The number of hydrogen-bond donors (Lipinski definition) is 1. The second-order valence-corrected chi connectivity index (χ2v) is 6.30. The molecule has 3 aromatic rings. The monoisotopic (exact) mass is 355 g/mol. The molecule has 23 heavy (non-hydrogen) atoms. The van der Waals surface area contributed by atoms with Gasteiger partial charge in [-0.15, -0.1) is 11.3 Å². The SMILES string of the molecule is Cc1cccc2sc(C(=O)Nc3ccc(F)c(F)c3F)c(Cl)c12. The first-order valence-electron chi connectivity index (χ1n) is 6.52. The van der Waals surface area contributed by atoms with Crippen molar-refractivity contribution in [3.63, 3.8) is 0 Å². The van der Waals surface area contributed by atoms with E-state index in [1.165, 1.54) is 0 Å². The van der Waals surface area contributed by atoms with Crippen LogP contribution < -0.4 is 5.32 Å². The Morgan fingerprint density at radius 3 is 2.57 bits per heavy atom. The molecule has 0 spiro atoms. The van der Waals surface area contributed by atoms with Gasteiger partial charge in [0.2, 0.25) is 0 Å². The molecule has 2 aromatic carbocycles. The van der Waals surface area contributed by atoms with E-state index in [0.717, 1.165) is 39.1 Å². The number of rotatable bonds is 2. The van der Waals surface area contributed by atoms with Gasteiger partial charge in [0.1, 0.15) is 4.88 Å². The first-order valence-corrected chi connectivity index (χ1v) is 7.72. The molecule has 0 atom stereocenters. The molecule has 0 radical (unpaired) electrons. The average Bonchev–Trinajstić information content (AvgIpc) is 2.86. The number of aryl methyl sites for hydroxylation is 1. The predicted molar refractivity (Wildman–Crippen MR) is 85.8 cm³/mol. The number of nitrogens with one attached hydrogen (secondary N) is 1. The minimum atomic E-state index is -1.64. The van der Waals surface area contributed by atoms with E-state index in [-0.39, 0.29) is 9.90 Å². The van der Waals surface area contributed by atoms with Crippen molar-refractivity contribution in [2.24, 2.45) is 0 Å². The summed E-state index contributed by atoms with van der Waals surface area (Å²) in [7, 11) is 0. The zero-order chi connectivity index (χ0) is 16.7. The van der Waals surface area contributed by atoms with Crippen LogP contribution in [0.2, 0.25) is 5.02 Å². The summed E-state index contributed by atoms with van der Waals surface area (Å²) in [5.41, 5.74) is 0.459. The van der Waals surface area contributed by atoms with Crippen molar-refractivity contribution < 1.29 is 18.0 Å². The number of thiophene rings is 1. The second kappa shape index (κ2) is 5.86. The van der Waals surface area contributed by atoms with Crippen LogP contribution in [0, 0.1) is 24.4 Å². The number of anilines is 1. The molecule has 0 bridgehead atoms. The van der Waals surface area contributed by atoms with Crippen molar-refractivity contribution in [1.82, 2.24) is 0 Å². The van der Waals surface area contributed by atoms with Gasteiger partial charge in [-0.2, -0.15) is 0 Å². The van der Waals surface area contributed by atoms with Gasteiger partial charge in [-0.05, 0) is 30.7 Å². The van der Waals surface area contributed by atoms with Crippen LogP contribution in [0.25, 0.3) is 10.1 Å². The third-order valence-electron chi connectivity index (χ3n) is 3.36. The molecule has 3 rings (SSSR count). The largest absolute Gasteiger partial charge is 0.319 e. The Hall–Kier alpha value is -2.05. The van der Waals surface area contributed by atoms with Crippen molar-refractivity contribution in [1.29, 1.82) is 0 Å². The molecule has 0 unspecified atom stereocenters. The molecule has 0 fully saturated rings. The van der Waals surface area contributed by atoms with Crippen molar-refractivity contribution in [2.75, 3.05) is 5.32 Å². The molecule has 0 aliphatic heterocycles. The van der Waals surface area contributed by atoms with E-state index in [1.807, 2.05) is 25.1 Å². The minimum absolute atomic E-state index is 0.181. The topological polar surface area (TPSA) is 29.1 Å². The molecule has 1 amide bonds. The Labute approximate surface area is 138 Å². The quantitative estimate of drug-likeness (QED) is 0.601. The van der Waals surface area contributed by atoms with Gasteiger partial charge in [0.25, 0.3) is 5.91 Å². The number of amides is 1. The number of hydrogen-bond acceptors (Lipinski definition) is 2. The third-order valence-corrected chi connectivity index (χ3v) is 5.00. The van der Waals surface area contributed by atoms with Gasteiger partial charge in [0.05, 0.1) is 10.7 Å². The Kier molecular flexibility index (Phi) is 4.04. The summed E-state index contributed by atoms with van der Waals surface area (Å²) < 4.78 is 40.6. The lowest BCUT2D eigenvalue weighted by Gasteiger charge is -2.06. The normalized spacial score (nSPS) is 11.0. The molecule has 2 nitrogen and oxygen atoms in total. The van der Waals surface area contributed by atoms with Gasteiger partial charge in [0.15, 0.2) is 17.5 Å². The van der Waals surface area contributed by atoms with Crippen molar-refractivity contribution in [3.8, 4) is 0 Å². The smallest absolute Gasteiger partial charge is 0.267 e. The molecule has 1 aromatic heterocycles. The van der Waals surface area contributed by atoms with Gasteiger partial charge in [0, 0.05) is 10.1 Å². The van der Waals surface area contributed by atoms with E-state index < -0.39 is 29.0 Å². The van der Waals surface area contributed by atoms with E-state index in [9.17, 15) is 18.0 Å². The summed E-state index contributed by atoms with van der Waals surface area (Å²) in [4.78, 5) is 12.5. The molecule has 0 saturated heterocycles. The molecule has 118 valence electrons. The van der Waals surface area contributed by atoms with Crippen LogP contribution in [-0.4, -0.2) is 5.91 Å². The van der Waals surface area contributed by atoms with Crippen molar-refractivity contribution in [3.05, 3.63) is 63.2 Å². The summed E-state index contributed by atoms with van der Waals surface area (Å²) in [5, 5.41) is 3.22. The first kappa shape index (κ1) is 15.8. The van der Waals surface area contributed by atoms with Crippen LogP contribution in [0.5, 0.6) is 0 Å². The number of halogens is 4. The lowest BCUT2D eigenvalue weighted by Crippen LogP contribution is -2.13. The highest BCUT2D eigenvalue weighted by Gasteiger charge is 2.21. The van der Waals surface area contributed by atoms with Crippen LogP contribution in [0.1, 0.15) is 15.2 Å². The number of fused-ring (bicyclic) bond motifs is 1. The Morgan fingerprint density at radius 1 is 1.13 bits per heavy atom. The summed E-state index contributed by atoms with van der Waals surface area (Å²) in [6, 6.07) is 7.20. The van der Waals surface area contributed by atoms with Gasteiger partial charge >= 0.3 is 0 Å². The molecule has 0 aliphatic rings. The molecule has 0 saturated carbocycles. The Bertz CT molecular complexity index is 939. The molecular weight excluding hydrogens is 347 g/mol. The lowest BCUT2D eigenvalue weighted by atomic mass is 10.1. The fourth-order valence-electron chi connectivity index (χ4n) is 2.22. The fraction of sp³-hybridized carbons (Fsp3) is 0.0625. The maximum absolute atomic E-state index is 13.6. The maximum Gasteiger partial charge on any atom is 0.267 e. The summed E-state index contributed by atoms with van der Waals surface area (Å²) >= 11 is 7.39. The second-order valence-electron chi connectivity index (χ2n) is 4.87. The maximum atomic E-state index is 13.6. The first-order chi connectivity index (χ1) is 10.9. The third kappa shape index (κ3) is 2.68. The molecular formula is C16H9ClF3NOS. The minimum Gasteiger partial charge on any atom is -0.319 e. The van der Waals surface area contributed by atoms with Crippen LogP contribution in [0.4, 0.5) is 18.9 Å². The van der Waals surface area contributed by atoms with E-state index in [0.29, 0.717) is 0 Å².